The summed E-state index contributed by atoms with van der Waals surface area (Å²) in [6.07, 6.45) is 1.02. The van der Waals surface area contributed by atoms with Gasteiger partial charge in [-0.3, -0.25) is 9.71 Å². The minimum atomic E-state index is -4.20. The summed E-state index contributed by atoms with van der Waals surface area (Å²) in [5, 5.41) is 23.9. The van der Waals surface area contributed by atoms with E-state index in [0.29, 0.717) is 16.8 Å². The number of benzene rings is 3. The molecule has 1 heterocycles. The standard InChI is InChI=1S/C25H29N5O4S.2ClH/c26-25(27)20-5-4-19-3-2-18(14-21(19)15-20)16-30(35(33,34)17-24(31)32)23-8-6-22(7-9-23)29-12-1-10-28-11-13-29;;/h2-9,14-15,28H,1,10-13,16-17H2,(H3,26,27)(H,31,32);2*1H/p-1. The van der Waals surface area contributed by atoms with Crippen LogP contribution in [0.15, 0.2) is 60.7 Å². The van der Waals surface area contributed by atoms with Gasteiger partial charge < -0.3 is 25.9 Å². The van der Waals surface area contributed by atoms with E-state index in [1.165, 1.54) is 0 Å². The van der Waals surface area contributed by atoms with Crippen LogP contribution in [0.5, 0.6) is 0 Å². The number of carbonyl (C=O) groups excluding carboxylic acids is 1. The van der Waals surface area contributed by atoms with Crippen LogP contribution in [-0.4, -0.2) is 52.2 Å². The Bertz CT molecular complexity index is 1340. The molecule has 37 heavy (non-hydrogen) atoms. The van der Waals surface area contributed by atoms with Crippen molar-refractivity contribution in [2.24, 2.45) is 5.73 Å². The van der Waals surface area contributed by atoms with Crippen LogP contribution in [0.1, 0.15) is 17.5 Å². The largest absolute Gasteiger partial charge is 0.549 e. The highest BCUT2D eigenvalue weighted by Gasteiger charge is 2.24. The number of amidine groups is 1. The van der Waals surface area contributed by atoms with Crippen molar-refractivity contribution in [3.05, 3.63) is 71.8 Å². The zero-order chi connectivity index (χ0) is 25.0. The number of halogens is 2. The summed E-state index contributed by atoms with van der Waals surface area (Å²) >= 11 is 0. The predicted molar refractivity (Wildman–Crippen MR) is 151 cm³/mol. The molecule has 1 saturated heterocycles. The number of nitrogens with one attached hydrogen (secondary N) is 2. The van der Waals surface area contributed by atoms with Gasteiger partial charge in [-0.05, 0) is 65.7 Å². The Hall–Kier alpha value is -3.05. The van der Waals surface area contributed by atoms with Crippen molar-refractivity contribution in [3.8, 4) is 0 Å². The van der Waals surface area contributed by atoms with Crippen LogP contribution in [0.3, 0.4) is 0 Å². The molecule has 3 aromatic carbocycles. The zero-order valence-corrected chi connectivity index (χ0v) is 22.5. The van der Waals surface area contributed by atoms with Crippen molar-refractivity contribution < 1.29 is 18.3 Å². The van der Waals surface area contributed by atoms with Crippen LogP contribution >= 0.6 is 24.8 Å². The molecule has 0 spiro atoms. The molecular weight excluding hydrogens is 537 g/mol. The number of nitrogens with zero attached hydrogens (tertiary/aromatic N) is 2. The molecule has 4 rings (SSSR count). The van der Waals surface area contributed by atoms with Crippen LogP contribution in [0.25, 0.3) is 10.8 Å². The summed E-state index contributed by atoms with van der Waals surface area (Å²) < 4.78 is 27.2. The van der Waals surface area contributed by atoms with E-state index in [-0.39, 0.29) is 37.2 Å². The first-order valence-corrected chi connectivity index (χ1v) is 13.0. The van der Waals surface area contributed by atoms with Crippen molar-refractivity contribution in [3.63, 3.8) is 0 Å². The number of hydrogen-bond donors (Lipinski definition) is 3. The quantitative estimate of drug-likeness (QED) is 0.279. The van der Waals surface area contributed by atoms with E-state index in [9.17, 15) is 18.3 Å². The van der Waals surface area contributed by atoms with Gasteiger partial charge >= 0.3 is 0 Å². The van der Waals surface area contributed by atoms with Gasteiger partial charge in [-0.25, -0.2) is 8.42 Å². The number of carboxylic acids is 1. The molecule has 4 N–H and O–H groups in total. The van der Waals surface area contributed by atoms with Crippen LogP contribution in [-0.2, 0) is 21.4 Å². The fourth-order valence-corrected chi connectivity index (χ4v) is 5.48. The van der Waals surface area contributed by atoms with Gasteiger partial charge in [-0.1, -0.05) is 24.3 Å². The maximum absolute atomic E-state index is 13.0. The number of carbonyl (C=O) groups is 1. The molecule has 1 aliphatic heterocycles. The molecule has 0 unspecified atom stereocenters. The number of carboxylic acid groups (broad SMARTS) is 1. The Morgan fingerprint density at radius 3 is 2.38 bits per heavy atom. The van der Waals surface area contributed by atoms with E-state index in [1.807, 2.05) is 30.3 Å². The first kappa shape index (κ1) is 30.2. The first-order chi connectivity index (χ1) is 16.7. The number of nitrogens with two attached hydrogens (primary N) is 1. The molecule has 0 aromatic heterocycles. The van der Waals surface area contributed by atoms with Crippen molar-refractivity contribution in [2.75, 3.05) is 41.1 Å². The third-order valence-corrected chi connectivity index (χ3v) is 7.63. The zero-order valence-electron chi connectivity index (χ0n) is 20.1. The fraction of sp³-hybridized carbons (Fsp3) is 0.280. The molecule has 0 saturated carbocycles. The van der Waals surface area contributed by atoms with Gasteiger partial charge in [0.15, 0.2) is 0 Å². The molecule has 1 fully saturated rings. The summed E-state index contributed by atoms with van der Waals surface area (Å²) in [6.45, 7) is 3.54. The molecule has 3 aromatic rings. The second-order valence-corrected chi connectivity index (χ2v) is 10.4. The van der Waals surface area contributed by atoms with Crippen LogP contribution in [0.2, 0.25) is 0 Å². The van der Waals surface area contributed by atoms with Gasteiger partial charge in [0.05, 0.1) is 18.2 Å². The summed E-state index contributed by atoms with van der Waals surface area (Å²) in [7, 11) is -4.20. The number of rotatable bonds is 8. The van der Waals surface area contributed by atoms with Crippen molar-refractivity contribution in [2.45, 2.75) is 13.0 Å². The topological polar surface area (TPSA) is 143 Å². The lowest BCUT2D eigenvalue weighted by atomic mass is 10.0. The van der Waals surface area contributed by atoms with Crippen LogP contribution < -0.4 is 25.4 Å². The monoisotopic (exact) mass is 566 g/mol. The van der Waals surface area contributed by atoms with Crippen LogP contribution in [0.4, 0.5) is 11.4 Å². The molecule has 1 aliphatic rings. The summed E-state index contributed by atoms with van der Waals surface area (Å²) in [5.41, 5.74) is 8.20. The minimum Gasteiger partial charge on any atom is -0.549 e. The Morgan fingerprint density at radius 2 is 1.70 bits per heavy atom. The SMILES string of the molecule is Cl.Cl.N=C(N)c1ccc2ccc(CN(c3ccc(N4CCCNCC4)cc3)S(=O)(=O)CC(=O)[O-])cc2c1. The highest BCUT2D eigenvalue weighted by atomic mass is 35.5. The number of aliphatic carboxylic acids is 1. The number of fused-ring (bicyclic) bond motifs is 1. The van der Waals surface area contributed by atoms with E-state index < -0.39 is 21.7 Å². The molecular formula is C25H30Cl2N5O4S-. The highest BCUT2D eigenvalue weighted by Crippen LogP contribution is 2.27. The second kappa shape index (κ2) is 13.0. The normalized spacial score (nSPS) is 13.7. The van der Waals surface area contributed by atoms with Gasteiger partial charge in [0.2, 0.25) is 10.0 Å². The number of nitrogen functional groups attached to an aromatic ring is 1. The van der Waals surface area contributed by atoms with E-state index in [4.69, 9.17) is 11.1 Å². The lowest BCUT2D eigenvalue weighted by Gasteiger charge is -2.27. The Labute approximate surface area is 229 Å². The van der Waals surface area contributed by atoms with E-state index in [2.05, 4.69) is 10.2 Å². The average molecular weight is 568 g/mol. The molecule has 0 aliphatic carbocycles. The molecule has 200 valence electrons. The van der Waals surface area contributed by atoms with Crippen molar-refractivity contribution >= 4 is 68.8 Å². The van der Waals surface area contributed by atoms with E-state index in [0.717, 1.165) is 53.4 Å². The molecule has 0 bridgehead atoms. The minimum absolute atomic E-state index is 0. The summed E-state index contributed by atoms with van der Waals surface area (Å²) in [6, 6.07) is 18.0. The van der Waals surface area contributed by atoms with Gasteiger partial charge in [-0.2, -0.15) is 0 Å². The summed E-state index contributed by atoms with van der Waals surface area (Å²) in [4.78, 5) is 13.4. The number of sulfonamides is 1. The molecule has 9 nitrogen and oxygen atoms in total. The number of hydrogen-bond acceptors (Lipinski definition) is 7. The Kier molecular flexibility index (Phi) is 10.6. The van der Waals surface area contributed by atoms with E-state index >= 15 is 0 Å². The average Bonchev–Trinajstić information content (AvgIpc) is 3.11. The molecule has 12 heteroatoms. The molecule has 0 radical (unpaired) electrons. The smallest absolute Gasteiger partial charge is 0.240 e. The molecule has 0 atom stereocenters. The lowest BCUT2D eigenvalue weighted by molar-refractivity contribution is -0.301. The lowest BCUT2D eigenvalue weighted by Crippen LogP contribution is -2.40. The third-order valence-electron chi connectivity index (χ3n) is 6.02. The van der Waals surface area contributed by atoms with Gasteiger partial charge in [0.25, 0.3) is 0 Å². The number of anilines is 2. The van der Waals surface area contributed by atoms with E-state index in [1.54, 1.807) is 30.3 Å². The predicted octanol–water partition coefficient (Wildman–Crippen LogP) is 1.85. The van der Waals surface area contributed by atoms with Gasteiger partial charge in [-0.15, -0.1) is 24.8 Å². The maximum Gasteiger partial charge on any atom is 0.240 e. The first-order valence-electron chi connectivity index (χ1n) is 11.4. The van der Waals surface area contributed by atoms with Gasteiger partial charge in [0.1, 0.15) is 11.6 Å². The highest BCUT2D eigenvalue weighted by molar-refractivity contribution is 7.93. The van der Waals surface area contributed by atoms with Crippen molar-refractivity contribution in [1.82, 2.24) is 5.32 Å². The Balaban J connectivity index is 0.00000241. The maximum atomic E-state index is 13.0. The molecule has 0 amide bonds. The van der Waals surface area contributed by atoms with Crippen LogP contribution in [0, 0.1) is 5.41 Å². The second-order valence-electron chi connectivity index (χ2n) is 8.55. The fourth-order valence-electron chi connectivity index (χ4n) is 4.24. The van der Waals surface area contributed by atoms with Crippen molar-refractivity contribution in [1.29, 1.82) is 5.41 Å². The summed E-state index contributed by atoms with van der Waals surface area (Å²) in [5.74, 6) is -2.83. The Morgan fingerprint density at radius 1 is 1.00 bits per heavy atom. The van der Waals surface area contributed by atoms with Gasteiger partial charge in [0, 0.05) is 30.9 Å². The third kappa shape index (κ3) is 7.48.